The SMILES string of the molecule is CCOC(=O)c1cc(C(=O)NC2CCN(CC(=O)Nc3ccccc3)CC2)cc([N+](=O)[O-])c1. The molecule has 2 aromatic rings. The Balaban J connectivity index is 1.55. The molecule has 2 N–H and O–H groups in total. The van der Waals surface area contributed by atoms with Gasteiger partial charge in [0.2, 0.25) is 5.91 Å². The Bertz CT molecular complexity index is 1020. The first-order valence-electron chi connectivity index (χ1n) is 10.7. The third-order valence-electron chi connectivity index (χ3n) is 5.25. The third-order valence-corrected chi connectivity index (χ3v) is 5.25. The largest absolute Gasteiger partial charge is 0.462 e. The number of piperidine rings is 1. The van der Waals surface area contributed by atoms with Gasteiger partial charge in [0.1, 0.15) is 0 Å². The van der Waals surface area contributed by atoms with Gasteiger partial charge in [-0.15, -0.1) is 0 Å². The van der Waals surface area contributed by atoms with Crippen LogP contribution in [0.15, 0.2) is 48.5 Å². The Morgan fingerprint density at radius 3 is 2.39 bits per heavy atom. The molecule has 0 bridgehead atoms. The summed E-state index contributed by atoms with van der Waals surface area (Å²) in [5.41, 5.74) is 0.362. The van der Waals surface area contributed by atoms with E-state index in [-0.39, 0.29) is 41.9 Å². The molecule has 0 aliphatic carbocycles. The number of hydrogen-bond acceptors (Lipinski definition) is 7. The van der Waals surface area contributed by atoms with Gasteiger partial charge >= 0.3 is 5.97 Å². The molecule has 33 heavy (non-hydrogen) atoms. The van der Waals surface area contributed by atoms with E-state index >= 15 is 0 Å². The first kappa shape index (κ1) is 23.9. The summed E-state index contributed by atoms with van der Waals surface area (Å²) < 4.78 is 4.90. The van der Waals surface area contributed by atoms with Crippen LogP contribution in [0.2, 0.25) is 0 Å². The van der Waals surface area contributed by atoms with Gasteiger partial charge in [-0.3, -0.25) is 24.6 Å². The molecule has 0 atom stereocenters. The molecule has 1 saturated heterocycles. The molecule has 1 aliphatic rings. The van der Waals surface area contributed by atoms with Gasteiger partial charge < -0.3 is 15.4 Å². The topological polar surface area (TPSA) is 131 Å². The molecule has 0 unspecified atom stereocenters. The van der Waals surface area contributed by atoms with Gasteiger partial charge in [0.15, 0.2) is 0 Å². The van der Waals surface area contributed by atoms with Crippen molar-refractivity contribution in [2.75, 3.05) is 31.6 Å². The Hall–Kier alpha value is -3.79. The molecule has 10 nitrogen and oxygen atoms in total. The van der Waals surface area contributed by atoms with Crippen LogP contribution >= 0.6 is 0 Å². The Labute approximate surface area is 191 Å². The van der Waals surface area contributed by atoms with E-state index < -0.39 is 16.8 Å². The number of likely N-dealkylation sites (tertiary alicyclic amines) is 1. The number of carbonyl (C=O) groups excluding carboxylic acids is 3. The fraction of sp³-hybridized carbons (Fsp3) is 0.348. The lowest BCUT2D eigenvalue weighted by atomic mass is 10.0. The molecule has 2 amide bonds. The van der Waals surface area contributed by atoms with Gasteiger partial charge in [-0.2, -0.15) is 0 Å². The molecule has 2 aromatic carbocycles. The number of nitro groups is 1. The van der Waals surface area contributed by atoms with Crippen molar-refractivity contribution in [2.24, 2.45) is 0 Å². The van der Waals surface area contributed by atoms with Crippen LogP contribution in [0, 0.1) is 10.1 Å². The van der Waals surface area contributed by atoms with E-state index in [1.807, 2.05) is 35.2 Å². The summed E-state index contributed by atoms with van der Waals surface area (Å²) in [5, 5.41) is 16.9. The summed E-state index contributed by atoms with van der Waals surface area (Å²) in [4.78, 5) is 49.5. The lowest BCUT2D eigenvalue weighted by molar-refractivity contribution is -0.384. The highest BCUT2D eigenvalue weighted by Gasteiger charge is 2.24. The van der Waals surface area contributed by atoms with Crippen molar-refractivity contribution in [3.8, 4) is 0 Å². The number of nitrogens with zero attached hydrogens (tertiary/aromatic N) is 2. The zero-order chi connectivity index (χ0) is 23.8. The second-order valence-electron chi connectivity index (χ2n) is 7.68. The molecular weight excluding hydrogens is 428 g/mol. The Kier molecular flexibility index (Phi) is 8.09. The van der Waals surface area contributed by atoms with E-state index in [0.29, 0.717) is 25.9 Å². The minimum Gasteiger partial charge on any atom is -0.462 e. The van der Waals surface area contributed by atoms with Crippen LogP contribution in [-0.4, -0.2) is 59.9 Å². The molecule has 0 radical (unpaired) electrons. The van der Waals surface area contributed by atoms with E-state index in [1.165, 1.54) is 6.07 Å². The minimum absolute atomic E-state index is 0.0249. The molecule has 3 rings (SSSR count). The molecule has 10 heteroatoms. The number of carbonyl (C=O) groups is 3. The number of nitrogens with one attached hydrogen (secondary N) is 2. The van der Waals surface area contributed by atoms with Crippen molar-refractivity contribution < 1.29 is 24.0 Å². The number of amides is 2. The zero-order valence-corrected chi connectivity index (χ0v) is 18.3. The van der Waals surface area contributed by atoms with Crippen LogP contribution in [0.1, 0.15) is 40.5 Å². The number of benzene rings is 2. The maximum absolute atomic E-state index is 12.7. The Morgan fingerprint density at radius 2 is 1.76 bits per heavy atom. The molecule has 1 aliphatic heterocycles. The van der Waals surface area contributed by atoms with Gasteiger partial charge in [0, 0.05) is 42.5 Å². The number of nitro benzene ring substituents is 1. The fourth-order valence-corrected chi connectivity index (χ4v) is 3.61. The number of ether oxygens (including phenoxy) is 1. The van der Waals surface area contributed by atoms with Gasteiger partial charge in [-0.1, -0.05) is 18.2 Å². The van der Waals surface area contributed by atoms with E-state index in [4.69, 9.17) is 4.74 Å². The number of para-hydroxylation sites is 1. The number of hydrogen-bond donors (Lipinski definition) is 2. The highest BCUT2D eigenvalue weighted by atomic mass is 16.6. The molecule has 0 aromatic heterocycles. The molecule has 174 valence electrons. The maximum atomic E-state index is 12.7. The fourth-order valence-electron chi connectivity index (χ4n) is 3.61. The number of non-ortho nitro benzene ring substituents is 1. The summed E-state index contributed by atoms with van der Waals surface area (Å²) in [6.07, 6.45) is 1.26. The first-order valence-corrected chi connectivity index (χ1v) is 10.7. The second kappa shape index (κ2) is 11.2. The summed E-state index contributed by atoms with van der Waals surface area (Å²) in [6.45, 7) is 3.24. The number of esters is 1. The third kappa shape index (κ3) is 6.84. The maximum Gasteiger partial charge on any atom is 0.338 e. The molecular formula is C23H26N4O6. The smallest absolute Gasteiger partial charge is 0.338 e. The summed E-state index contributed by atoms with van der Waals surface area (Å²) in [7, 11) is 0. The van der Waals surface area contributed by atoms with Crippen molar-refractivity contribution in [3.63, 3.8) is 0 Å². The predicted octanol–water partition coefficient (Wildman–Crippen LogP) is 2.60. The first-order chi connectivity index (χ1) is 15.9. The van der Waals surface area contributed by atoms with Crippen LogP contribution < -0.4 is 10.6 Å². The van der Waals surface area contributed by atoms with Crippen LogP contribution in [0.5, 0.6) is 0 Å². The highest BCUT2D eigenvalue weighted by Crippen LogP contribution is 2.19. The van der Waals surface area contributed by atoms with Gasteiger partial charge in [0.25, 0.3) is 11.6 Å². The molecule has 1 fully saturated rings. The monoisotopic (exact) mass is 454 g/mol. The lowest BCUT2D eigenvalue weighted by Crippen LogP contribution is -2.46. The van der Waals surface area contributed by atoms with Crippen LogP contribution in [0.25, 0.3) is 0 Å². The van der Waals surface area contributed by atoms with E-state index in [0.717, 1.165) is 17.8 Å². The average molecular weight is 454 g/mol. The van der Waals surface area contributed by atoms with Crippen LogP contribution in [-0.2, 0) is 9.53 Å². The van der Waals surface area contributed by atoms with Crippen LogP contribution in [0.4, 0.5) is 11.4 Å². The normalized spacial score (nSPS) is 14.3. The van der Waals surface area contributed by atoms with Crippen molar-refractivity contribution in [1.82, 2.24) is 10.2 Å². The van der Waals surface area contributed by atoms with Crippen molar-refractivity contribution >= 4 is 29.2 Å². The minimum atomic E-state index is -0.725. The van der Waals surface area contributed by atoms with E-state index in [1.54, 1.807) is 6.92 Å². The second-order valence-corrected chi connectivity index (χ2v) is 7.68. The quantitative estimate of drug-likeness (QED) is 0.356. The highest BCUT2D eigenvalue weighted by molar-refractivity contribution is 5.99. The van der Waals surface area contributed by atoms with E-state index in [2.05, 4.69) is 10.6 Å². The van der Waals surface area contributed by atoms with Crippen molar-refractivity contribution in [2.45, 2.75) is 25.8 Å². The van der Waals surface area contributed by atoms with Gasteiger partial charge in [0.05, 0.1) is 23.6 Å². The Morgan fingerprint density at radius 1 is 1.09 bits per heavy atom. The number of anilines is 1. The van der Waals surface area contributed by atoms with Crippen molar-refractivity contribution in [1.29, 1.82) is 0 Å². The zero-order valence-electron chi connectivity index (χ0n) is 18.3. The molecule has 0 saturated carbocycles. The average Bonchev–Trinajstić information content (AvgIpc) is 2.80. The number of rotatable bonds is 8. The predicted molar refractivity (Wildman–Crippen MR) is 121 cm³/mol. The van der Waals surface area contributed by atoms with Crippen LogP contribution in [0.3, 0.4) is 0 Å². The van der Waals surface area contributed by atoms with Crippen molar-refractivity contribution in [3.05, 3.63) is 69.8 Å². The van der Waals surface area contributed by atoms with Gasteiger partial charge in [-0.25, -0.2) is 4.79 Å². The summed E-state index contributed by atoms with van der Waals surface area (Å²) >= 11 is 0. The molecule has 0 spiro atoms. The lowest BCUT2D eigenvalue weighted by Gasteiger charge is -2.31. The standard InChI is InChI=1S/C23H26N4O6/c1-2-33-23(30)17-12-16(13-20(14-17)27(31)32)22(29)25-19-8-10-26(11-9-19)15-21(28)24-18-6-4-3-5-7-18/h3-7,12-14,19H,2,8-11,15H2,1H3,(H,24,28)(H,25,29). The van der Waals surface area contributed by atoms with Gasteiger partial charge in [-0.05, 0) is 38.0 Å². The van der Waals surface area contributed by atoms with E-state index in [9.17, 15) is 24.5 Å². The molecule has 1 heterocycles. The summed E-state index contributed by atoms with van der Waals surface area (Å²) in [6, 6.07) is 12.6. The summed E-state index contributed by atoms with van der Waals surface area (Å²) in [5.74, 6) is -1.33.